The zero-order valence-corrected chi connectivity index (χ0v) is 15.7. The van der Waals surface area contributed by atoms with Gasteiger partial charge in [0.1, 0.15) is 10.7 Å². The monoisotopic (exact) mass is 367 g/mol. The lowest BCUT2D eigenvalue weighted by atomic mass is 10.2. The number of carbonyl (C=O) groups excluding carboxylic acids is 1. The van der Waals surface area contributed by atoms with Gasteiger partial charge in [0.2, 0.25) is 0 Å². The third kappa shape index (κ3) is 3.10. The van der Waals surface area contributed by atoms with Crippen LogP contribution in [-0.4, -0.2) is 52.2 Å². The summed E-state index contributed by atoms with van der Waals surface area (Å²) < 4.78 is 0. The molecule has 4 rings (SSSR count). The number of rotatable bonds is 3. The van der Waals surface area contributed by atoms with Crippen molar-refractivity contribution in [2.24, 2.45) is 0 Å². The Morgan fingerprint density at radius 3 is 2.50 bits per heavy atom. The van der Waals surface area contributed by atoms with Crippen molar-refractivity contribution in [1.82, 2.24) is 20.1 Å². The van der Waals surface area contributed by atoms with E-state index in [0.717, 1.165) is 40.7 Å². The topological polar surface area (TPSA) is 65.1 Å². The zero-order chi connectivity index (χ0) is 18.1. The first-order valence-electron chi connectivity index (χ1n) is 8.70. The van der Waals surface area contributed by atoms with Gasteiger partial charge < -0.3 is 9.80 Å². The highest BCUT2D eigenvalue weighted by Gasteiger charge is 2.26. The molecule has 1 N–H and O–H groups in total. The Morgan fingerprint density at radius 2 is 1.85 bits per heavy atom. The van der Waals surface area contributed by atoms with Crippen LogP contribution < -0.4 is 4.90 Å². The van der Waals surface area contributed by atoms with E-state index in [0.29, 0.717) is 18.8 Å². The van der Waals surface area contributed by atoms with E-state index in [1.54, 1.807) is 0 Å². The molecule has 0 aliphatic carbocycles. The second-order valence-electron chi connectivity index (χ2n) is 6.47. The molecule has 0 bridgehead atoms. The molecule has 1 aliphatic rings. The van der Waals surface area contributed by atoms with Gasteiger partial charge in [0.15, 0.2) is 0 Å². The van der Waals surface area contributed by atoms with Gasteiger partial charge in [0, 0.05) is 37.1 Å². The summed E-state index contributed by atoms with van der Waals surface area (Å²) in [6, 6.07) is 9.98. The highest BCUT2D eigenvalue weighted by atomic mass is 32.1. The number of piperazine rings is 1. The maximum Gasteiger partial charge on any atom is 0.273 e. The summed E-state index contributed by atoms with van der Waals surface area (Å²) in [6.07, 6.45) is 0. The molecule has 1 saturated heterocycles. The van der Waals surface area contributed by atoms with Gasteiger partial charge in [-0.3, -0.25) is 9.89 Å². The Labute approximate surface area is 156 Å². The van der Waals surface area contributed by atoms with Crippen LogP contribution in [0.5, 0.6) is 0 Å². The van der Waals surface area contributed by atoms with Crippen molar-refractivity contribution < 1.29 is 4.79 Å². The first kappa shape index (κ1) is 16.8. The minimum Gasteiger partial charge on any atom is -0.365 e. The van der Waals surface area contributed by atoms with E-state index in [4.69, 9.17) is 0 Å². The van der Waals surface area contributed by atoms with Crippen molar-refractivity contribution in [2.75, 3.05) is 31.1 Å². The van der Waals surface area contributed by atoms with E-state index in [-0.39, 0.29) is 5.91 Å². The first-order chi connectivity index (χ1) is 12.6. The third-order valence-electron chi connectivity index (χ3n) is 4.72. The van der Waals surface area contributed by atoms with Crippen LogP contribution in [-0.2, 0) is 0 Å². The van der Waals surface area contributed by atoms with Crippen LogP contribution in [0.25, 0.3) is 10.6 Å². The number of amides is 1. The number of carbonyl (C=O) groups is 1. The van der Waals surface area contributed by atoms with Gasteiger partial charge >= 0.3 is 0 Å². The Balaban J connectivity index is 1.43. The number of thiazole rings is 1. The van der Waals surface area contributed by atoms with Crippen LogP contribution >= 0.6 is 11.3 Å². The molecule has 0 atom stereocenters. The van der Waals surface area contributed by atoms with Crippen molar-refractivity contribution in [1.29, 1.82) is 0 Å². The quantitative estimate of drug-likeness (QED) is 0.772. The van der Waals surface area contributed by atoms with Gasteiger partial charge in [-0.25, -0.2) is 4.98 Å². The average molecular weight is 367 g/mol. The molecule has 0 saturated carbocycles. The molecule has 1 amide bonds. The molecule has 1 aromatic carbocycles. The maximum atomic E-state index is 12.8. The normalized spacial score (nSPS) is 14.7. The van der Waals surface area contributed by atoms with Crippen molar-refractivity contribution in [3.05, 3.63) is 52.8 Å². The predicted octanol–water partition coefficient (Wildman–Crippen LogP) is 3.11. The van der Waals surface area contributed by atoms with Crippen LogP contribution in [0.2, 0.25) is 0 Å². The molecule has 26 heavy (non-hydrogen) atoms. The van der Waals surface area contributed by atoms with Gasteiger partial charge in [-0.1, -0.05) is 30.3 Å². The van der Waals surface area contributed by atoms with E-state index >= 15 is 0 Å². The van der Waals surface area contributed by atoms with E-state index in [1.165, 1.54) is 11.3 Å². The van der Waals surface area contributed by atoms with Crippen molar-refractivity contribution in [2.45, 2.75) is 13.8 Å². The van der Waals surface area contributed by atoms with E-state index in [1.807, 2.05) is 54.5 Å². The summed E-state index contributed by atoms with van der Waals surface area (Å²) in [5, 5.41) is 10.0. The molecule has 0 spiro atoms. The highest BCUT2D eigenvalue weighted by molar-refractivity contribution is 7.13. The largest absolute Gasteiger partial charge is 0.365 e. The number of nitrogens with one attached hydrogen (secondary N) is 1. The van der Waals surface area contributed by atoms with Crippen LogP contribution in [0, 0.1) is 13.8 Å². The first-order valence-corrected chi connectivity index (χ1v) is 9.58. The third-order valence-corrected chi connectivity index (χ3v) is 5.61. The molecule has 134 valence electrons. The molecule has 1 fully saturated rings. The molecule has 6 nitrogen and oxygen atoms in total. The summed E-state index contributed by atoms with van der Waals surface area (Å²) in [6.45, 7) is 7.05. The number of aromatic nitrogens is 3. The van der Waals surface area contributed by atoms with Gasteiger partial charge in [-0.15, -0.1) is 11.3 Å². The van der Waals surface area contributed by atoms with Gasteiger partial charge in [-0.2, -0.15) is 5.10 Å². The number of hydrogen-bond donors (Lipinski definition) is 1. The lowest BCUT2D eigenvalue weighted by molar-refractivity contribution is 0.0742. The fourth-order valence-corrected chi connectivity index (χ4v) is 4.19. The summed E-state index contributed by atoms with van der Waals surface area (Å²) in [5.41, 5.74) is 4.84. The van der Waals surface area contributed by atoms with Gasteiger partial charge in [-0.05, 0) is 13.8 Å². The number of benzene rings is 1. The molecule has 0 radical (unpaired) electrons. The minimum absolute atomic E-state index is 0.0173. The van der Waals surface area contributed by atoms with E-state index < -0.39 is 0 Å². The van der Waals surface area contributed by atoms with Gasteiger partial charge in [0.25, 0.3) is 5.91 Å². The fourth-order valence-electron chi connectivity index (χ4n) is 3.39. The number of hydrogen-bond acceptors (Lipinski definition) is 5. The van der Waals surface area contributed by atoms with Crippen molar-refractivity contribution >= 4 is 22.9 Å². The minimum atomic E-state index is 0.0173. The Bertz CT molecular complexity index is 890. The Hall–Kier alpha value is -2.67. The van der Waals surface area contributed by atoms with E-state index in [9.17, 15) is 4.79 Å². The van der Waals surface area contributed by atoms with Crippen LogP contribution in [0.4, 0.5) is 5.69 Å². The molecular formula is C19H21N5OS. The van der Waals surface area contributed by atoms with Crippen LogP contribution in [0.15, 0.2) is 35.7 Å². The summed E-state index contributed by atoms with van der Waals surface area (Å²) >= 11 is 1.52. The molecule has 3 aromatic rings. The highest BCUT2D eigenvalue weighted by Crippen LogP contribution is 2.26. The smallest absolute Gasteiger partial charge is 0.273 e. The molecule has 2 aromatic heterocycles. The zero-order valence-electron chi connectivity index (χ0n) is 14.9. The van der Waals surface area contributed by atoms with Crippen molar-refractivity contribution in [3.8, 4) is 10.6 Å². The van der Waals surface area contributed by atoms with Crippen molar-refractivity contribution in [3.63, 3.8) is 0 Å². The molecule has 1 aliphatic heterocycles. The lowest BCUT2D eigenvalue weighted by Gasteiger charge is -2.35. The molecule has 7 heteroatoms. The Kier molecular flexibility index (Phi) is 4.46. The fraction of sp³-hybridized carbons (Fsp3) is 0.316. The second-order valence-corrected chi connectivity index (χ2v) is 7.32. The second kappa shape index (κ2) is 6.92. The standard InChI is InChI=1S/C19H21N5OS/c1-13-17(14(2)22-21-13)23-8-10-24(11-9-23)19(25)16-12-26-18(20-16)15-6-4-3-5-7-15/h3-7,12H,8-11H2,1-2H3,(H,21,22). The summed E-state index contributed by atoms with van der Waals surface area (Å²) in [7, 11) is 0. The Morgan fingerprint density at radius 1 is 1.12 bits per heavy atom. The predicted molar refractivity (Wildman–Crippen MR) is 104 cm³/mol. The van der Waals surface area contributed by atoms with Gasteiger partial charge in [0.05, 0.1) is 17.1 Å². The van der Waals surface area contributed by atoms with Crippen LogP contribution in [0.1, 0.15) is 21.9 Å². The average Bonchev–Trinajstić information content (AvgIpc) is 3.29. The number of H-pyrrole nitrogens is 1. The molecule has 3 heterocycles. The number of aryl methyl sites for hydroxylation is 2. The lowest BCUT2D eigenvalue weighted by Crippen LogP contribution is -2.49. The molecule has 0 unspecified atom stereocenters. The molecular weight excluding hydrogens is 346 g/mol. The van der Waals surface area contributed by atoms with Crippen LogP contribution in [0.3, 0.4) is 0 Å². The number of aromatic amines is 1. The summed E-state index contributed by atoms with van der Waals surface area (Å²) in [5.74, 6) is 0.0173. The maximum absolute atomic E-state index is 12.8. The summed E-state index contributed by atoms with van der Waals surface area (Å²) in [4.78, 5) is 21.5. The number of anilines is 1. The van der Waals surface area contributed by atoms with E-state index in [2.05, 4.69) is 20.1 Å². The number of nitrogens with zero attached hydrogens (tertiary/aromatic N) is 4. The SMILES string of the molecule is Cc1n[nH]c(C)c1N1CCN(C(=O)c2csc(-c3ccccc3)n2)CC1.